The molecule has 0 aliphatic rings. The molecule has 0 unspecified atom stereocenters. The second kappa shape index (κ2) is 4.22. The summed E-state index contributed by atoms with van der Waals surface area (Å²) in [6.45, 7) is 0. The summed E-state index contributed by atoms with van der Waals surface area (Å²) in [4.78, 5) is 3.94. The van der Waals surface area contributed by atoms with Gasteiger partial charge in [0.1, 0.15) is 11.4 Å². The van der Waals surface area contributed by atoms with Crippen LogP contribution in [0.3, 0.4) is 0 Å². The van der Waals surface area contributed by atoms with Crippen molar-refractivity contribution in [3.8, 4) is 17.0 Å². The first-order chi connectivity index (χ1) is 9.47. The van der Waals surface area contributed by atoms with Crippen molar-refractivity contribution >= 4 is 10.9 Å². The quantitative estimate of drug-likeness (QED) is 0.718. The van der Waals surface area contributed by atoms with Gasteiger partial charge in [-0.05, 0) is 24.3 Å². The third kappa shape index (κ3) is 1.97. The molecule has 4 nitrogen and oxygen atoms in total. The van der Waals surface area contributed by atoms with Crippen molar-refractivity contribution in [2.24, 2.45) is 0 Å². The monoisotopic (exact) mass is 279 g/mol. The SMILES string of the molecule is Oc1cccnc1-c1cc(C(F)(F)F)cc2[nH]ncc12. The normalized spacial score (nSPS) is 11.9. The van der Waals surface area contributed by atoms with Gasteiger partial charge in [-0.2, -0.15) is 18.3 Å². The van der Waals surface area contributed by atoms with Crippen LogP contribution in [0.25, 0.3) is 22.2 Å². The second-order valence-electron chi connectivity index (χ2n) is 4.22. The molecule has 0 amide bonds. The van der Waals surface area contributed by atoms with E-state index in [-0.39, 0.29) is 22.5 Å². The zero-order chi connectivity index (χ0) is 14.3. The Labute approximate surface area is 110 Å². The van der Waals surface area contributed by atoms with Gasteiger partial charge < -0.3 is 5.11 Å². The standard InChI is InChI=1S/C13H8F3N3O/c14-13(15,16)7-4-8(9-6-18-19-10(9)5-7)12-11(20)2-1-3-17-12/h1-6,20H,(H,18,19). The maximum atomic E-state index is 12.9. The Hall–Kier alpha value is -2.57. The molecular weight excluding hydrogens is 271 g/mol. The number of rotatable bonds is 1. The first-order valence-electron chi connectivity index (χ1n) is 5.65. The molecule has 102 valence electrons. The zero-order valence-corrected chi connectivity index (χ0v) is 9.94. The molecule has 7 heteroatoms. The molecule has 2 aromatic heterocycles. The van der Waals surface area contributed by atoms with Crippen LogP contribution in [0.4, 0.5) is 13.2 Å². The molecule has 0 aliphatic heterocycles. The minimum Gasteiger partial charge on any atom is -0.506 e. The highest BCUT2D eigenvalue weighted by atomic mass is 19.4. The van der Waals surface area contributed by atoms with Crippen LogP contribution in [0.1, 0.15) is 5.56 Å². The van der Waals surface area contributed by atoms with Gasteiger partial charge in [0.25, 0.3) is 0 Å². The summed E-state index contributed by atoms with van der Waals surface area (Å²) in [5, 5.41) is 16.5. The molecule has 0 aliphatic carbocycles. The third-order valence-corrected chi connectivity index (χ3v) is 2.93. The first kappa shape index (κ1) is 12.5. The Morgan fingerprint density at radius 3 is 2.70 bits per heavy atom. The topological polar surface area (TPSA) is 61.8 Å². The molecule has 1 aromatic carbocycles. The molecule has 0 bridgehead atoms. The van der Waals surface area contributed by atoms with Gasteiger partial charge in [0.2, 0.25) is 0 Å². The van der Waals surface area contributed by atoms with Gasteiger partial charge in [0.15, 0.2) is 0 Å². The van der Waals surface area contributed by atoms with Crippen molar-refractivity contribution in [3.63, 3.8) is 0 Å². The van der Waals surface area contributed by atoms with Gasteiger partial charge in [-0.15, -0.1) is 0 Å². The minimum atomic E-state index is -4.49. The van der Waals surface area contributed by atoms with E-state index >= 15 is 0 Å². The highest BCUT2D eigenvalue weighted by molar-refractivity contribution is 5.95. The van der Waals surface area contributed by atoms with E-state index in [1.807, 2.05) is 0 Å². The number of pyridine rings is 1. The van der Waals surface area contributed by atoms with Gasteiger partial charge in [0, 0.05) is 17.1 Å². The maximum absolute atomic E-state index is 12.9. The fourth-order valence-electron chi connectivity index (χ4n) is 2.02. The smallest absolute Gasteiger partial charge is 0.416 e. The molecule has 0 radical (unpaired) electrons. The largest absolute Gasteiger partial charge is 0.506 e. The van der Waals surface area contributed by atoms with Gasteiger partial charge in [-0.3, -0.25) is 10.1 Å². The number of nitrogens with zero attached hydrogens (tertiary/aromatic N) is 2. The Bertz CT molecular complexity index is 780. The van der Waals surface area contributed by atoms with Crippen LogP contribution >= 0.6 is 0 Å². The number of aromatic nitrogens is 3. The van der Waals surface area contributed by atoms with E-state index in [1.165, 1.54) is 24.5 Å². The number of nitrogens with one attached hydrogen (secondary N) is 1. The lowest BCUT2D eigenvalue weighted by Gasteiger charge is -2.10. The molecule has 2 heterocycles. The number of hydrogen-bond donors (Lipinski definition) is 2. The molecule has 3 rings (SSSR count). The summed E-state index contributed by atoms with van der Waals surface area (Å²) in [6.07, 6.45) is -1.68. The average molecular weight is 279 g/mol. The second-order valence-corrected chi connectivity index (χ2v) is 4.22. The Balaban J connectivity index is 2.34. The molecule has 3 aromatic rings. The number of hydrogen-bond acceptors (Lipinski definition) is 3. The van der Waals surface area contributed by atoms with E-state index in [1.54, 1.807) is 0 Å². The number of alkyl halides is 3. The van der Waals surface area contributed by atoms with Crippen LogP contribution in [0.5, 0.6) is 5.75 Å². The summed E-state index contributed by atoms with van der Waals surface area (Å²) in [7, 11) is 0. The van der Waals surface area contributed by atoms with Crippen LogP contribution < -0.4 is 0 Å². The number of aromatic amines is 1. The Morgan fingerprint density at radius 2 is 2.00 bits per heavy atom. The van der Waals surface area contributed by atoms with Crippen molar-refractivity contribution in [1.29, 1.82) is 0 Å². The van der Waals surface area contributed by atoms with E-state index < -0.39 is 11.7 Å². The van der Waals surface area contributed by atoms with E-state index in [9.17, 15) is 18.3 Å². The predicted molar refractivity (Wildman–Crippen MR) is 66.0 cm³/mol. The minimum absolute atomic E-state index is 0.0880. The van der Waals surface area contributed by atoms with Crippen molar-refractivity contribution in [1.82, 2.24) is 15.2 Å². The molecule has 0 fully saturated rings. The summed E-state index contributed by atoms with van der Waals surface area (Å²) in [5.41, 5.74) is -0.319. The van der Waals surface area contributed by atoms with Crippen LogP contribution in [-0.4, -0.2) is 20.3 Å². The highest BCUT2D eigenvalue weighted by Crippen LogP contribution is 2.38. The average Bonchev–Trinajstić information content (AvgIpc) is 2.85. The van der Waals surface area contributed by atoms with Crippen LogP contribution in [0.2, 0.25) is 0 Å². The van der Waals surface area contributed by atoms with Crippen LogP contribution in [-0.2, 0) is 6.18 Å². The third-order valence-electron chi connectivity index (χ3n) is 2.93. The van der Waals surface area contributed by atoms with Gasteiger partial charge in [0.05, 0.1) is 17.3 Å². The summed E-state index contributed by atoms with van der Waals surface area (Å²) in [5.74, 6) is -0.186. The number of halogens is 3. The molecule has 0 atom stereocenters. The Morgan fingerprint density at radius 1 is 1.20 bits per heavy atom. The van der Waals surface area contributed by atoms with Gasteiger partial charge in [-0.25, -0.2) is 0 Å². The molecule has 0 spiro atoms. The van der Waals surface area contributed by atoms with Gasteiger partial charge in [-0.1, -0.05) is 0 Å². The number of H-pyrrole nitrogens is 1. The maximum Gasteiger partial charge on any atom is 0.416 e. The van der Waals surface area contributed by atoms with Gasteiger partial charge >= 0.3 is 6.18 Å². The molecule has 0 saturated carbocycles. The van der Waals surface area contributed by atoms with Crippen molar-refractivity contribution in [2.45, 2.75) is 6.18 Å². The van der Waals surface area contributed by atoms with E-state index in [2.05, 4.69) is 15.2 Å². The number of benzene rings is 1. The zero-order valence-electron chi connectivity index (χ0n) is 9.94. The summed E-state index contributed by atoms with van der Waals surface area (Å²) < 4.78 is 38.7. The van der Waals surface area contributed by atoms with Crippen molar-refractivity contribution in [2.75, 3.05) is 0 Å². The lowest BCUT2D eigenvalue weighted by atomic mass is 10.0. The fourth-order valence-corrected chi connectivity index (χ4v) is 2.02. The lowest BCUT2D eigenvalue weighted by Crippen LogP contribution is -2.05. The Kier molecular flexibility index (Phi) is 2.63. The molecule has 0 saturated heterocycles. The fraction of sp³-hybridized carbons (Fsp3) is 0.0769. The van der Waals surface area contributed by atoms with E-state index in [0.717, 1.165) is 12.1 Å². The number of fused-ring (bicyclic) bond motifs is 1. The summed E-state index contributed by atoms with van der Waals surface area (Å²) >= 11 is 0. The van der Waals surface area contributed by atoms with Crippen molar-refractivity contribution in [3.05, 3.63) is 42.2 Å². The van der Waals surface area contributed by atoms with Crippen LogP contribution in [0.15, 0.2) is 36.7 Å². The molecule has 20 heavy (non-hydrogen) atoms. The van der Waals surface area contributed by atoms with Crippen molar-refractivity contribution < 1.29 is 18.3 Å². The van der Waals surface area contributed by atoms with Crippen LogP contribution in [0, 0.1) is 0 Å². The molecular formula is C13H8F3N3O. The summed E-state index contributed by atoms with van der Waals surface area (Å²) in [6, 6.07) is 4.80. The van der Waals surface area contributed by atoms with E-state index in [0.29, 0.717) is 5.39 Å². The first-order valence-corrected chi connectivity index (χ1v) is 5.65. The predicted octanol–water partition coefficient (Wildman–Crippen LogP) is 3.35. The number of aromatic hydroxyl groups is 1. The lowest BCUT2D eigenvalue weighted by molar-refractivity contribution is -0.137. The molecule has 2 N–H and O–H groups in total. The van der Waals surface area contributed by atoms with E-state index in [4.69, 9.17) is 0 Å². The highest BCUT2D eigenvalue weighted by Gasteiger charge is 2.32.